The first-order chi connectivity index (χ1) is 17.8. The first-order valence-corrected chi connectivity index (χ1v) is 11.4. The van der Waals surface area contributed by atoms with Crippen molar-refractivity contribution in [2.24, 2.45) is 0 Å². The van der Waals surface area contributed by atoms with Gasteiger partial charge in [0.1, 0.15) is 23.8 Å². The van der Waals surface area contributed by atoms with Gasteiger partial charge in [0.25, 0.3) is 5.56 Å². The molecule has 2 amide bonds. The summed E-state index contributed by atoms with van der Waals surface area (Å²) < 4.78 is 16.4. The number of nitrogens with one attached hydrogen (secondary N) is 3. The highest BCUT2D eigenvalue weighted by Gasteiger charge is 2.15. The molecular weight excluding hydrogens is 504 g/mol. The molecule has 0 aliphatic carbocycles. The molecule has 2 aromatic carbocycles. The van der Waals surface area contributed by atoms with Crippen LogP contribution < -0.4 is 31.4 Å². The van der Waals surface area contributed by atoms with Gasteiger partial charge in [-0.2, -0.15) is 0 Å². The molecule has 192 valence electrons. The molecule has 0 atom stereocenters. The molecule has 0 aliphatic rings. The summed E-state index contributed by atoms with van der Waals surface area (Å²) in [5.41, 5.74) is -0.212. The summed E-state index contributed by atoms with van der Waals surface area (Å²) in [6.07, 6.45) is 1.42. The van der Waals surface area contributed by atoms with Crippen LogP contribution in [-0.4, -0.2) is 35.6 Å². The fraction of sp³-hybridized carbons (Fsp3) is 0.200. The Labute approximate surface area is 215 Å². The van der Waals surface area contributed by atoms with Gasteiger partial charge < -0.3 is 29.5 Å². The molecule has 3 N–H and O–H groups in total. The summed E-state index contributed by atoms with van der Waals surface area (Å²) in [4.78, 5) is 52.9. The number of methoxy groups -OCH3 is 2. The Bertz CT molecular complexity index is 1570. The zero-order valence-electron chi connectivity index (χ0n) is 19.9. The van der Waals surface area contributed by atoms with Gasteiger partial charge in [-0.1, -0.05) is 17.7 Å². The van der Waals surface area contributed by atoms with E-state index in [1.54, 1.807) is 24.3 Å². The van der Waals surface area contributed by atoms with Crippen LogP contribution in [0.5, 0.6) is 11.5 Å². The van der Waals surface area contributed by atoms with Crippen LogP contribution >= 0.6 is 11.6 Å². The molecule has 4 rings (SSSR count). The van der Waals surface area contributed by atoms with Crippen molar-refractivity contribution >= 4 is 40.0 Å². The number of hydrogen-bond donors (Lipinski definition) is 3. The SMILES string of the molecule is COc1cc(OC)c(NC(=O)Cc2ccc3c(=O)n(CC(=O)NCc4ccco4)c(=O)[nH]c3c2)cc1Cl. The van der Waals surface area contributed by atoms with Crippen LogP contribution in [0.4, 0.5) is 5.69 Å². The van der Waals surface area contributed by atoms with Gasteiger partial charge in [-0.05, 0) is 35.9 Å². The molecule has 2 heterocycles. The Morgan fingerprint density at radius 2 is 1.84 bits per heavy atom. The maximum Gasteiger partial charge on any atom is 0.329 e. The first kappa shape index (κ1) is 25.6. The van der Waals surface area contributed by atoms with Crippen LogP contribution in [0.2, 0.25) is 5.02 Å². The van der Waals surface area contributed by atoms with Gasteiger partial charge >= 0.3 is 5.69 Å². The molecule has 0 saturated carbocycles. The van der Waals surface area contributed by atoms with E-state index in [1.807, 2.05) is 0 Å². The zero-order chi connectivity index (χ0) is 26.5. The molecule has 0 radical (unpaired) electrons. The molecule has 2 aromatic heterocycles. The van der Waals surface area contributed by atoms with Gasteiger partial charge in [-0.25, -0.2) is 4.79 Å². The average Bonchev–Trinajstić information content (AvgIpc) is 3.39. The lowest BCUT2D eigenvalue weighted by atomic mass is 10.1. The van der Waals surface area contributed by atoms with E-state index in [0.717, 1.165) is 4.57 Å². The summed E-state index contributed by atoms with van der Waals surface area (Å²) in [5.74, 6) is 0.411. The van der Waals surface area contributed by atoms with Crippen molar-refractivity contribution < 1.29 is 23.5 Å². The second-order valence-corrected chi connectivity index (χ2v) is 8.38. The van der Waals surface area contributed by atoms with E-state index in [-0.39, 0.29) is 29.8 Å². The maximum atomic E-state index is 12.9. The Morgan fingerprint density at radius 1 is 1.05 bits per heavy atom. The van der Waals surface area contributed by atoms with Gasteiger partial charge in [0.05, 0.1) is 55.1 Å². The van der Waals surface area contributed by atoms with Gasteiger partial charge in [-0.15, -0.1) is 0 Å². The quantitative estimate of drug-likeness (QED) is 0.304. The van der Waals surface area contributed by atoms with E-state index in [9.17, 15) is 19.2 Å². The number of aromatic amines is 1. The molecule has 37 heavy (non-hydrogen) atoms. The van der Waals surface area contributed by atoms with E-state index in [0.29, 0.717) is 33.5 Å². The Morgan fingerprint density at radius 3 is 2.54 bits per heavy atom. The highest BCUT2D eigenvalue weighted by atomic mass is 35.5. The van der Waals surface area contributed by atoms with E-state index < -0.39 is 23.7 Å². The van der Waals surface area contributed by atoms with Gasteiger partial charge in [0.2, 0.25) is 11.8 Å². The van der Waals surface area contributed by atoms with E-state index in [2.05, 4.69) is 15.6 Å². The van der Waals surface area contributed by atoms with Crippen LogP contribution in [0.15, 0.2) is 62.7 Å². The third-order valence-electron chi connectivity index (χ3n) is 5.50. The number of benzene rings is 2. The Kier molecular flexibility index (Phi) is 7.63. The van der Waals surface area contributed by atoms with Crippen molar-refractivity contribution in [2.45, 2.75) is 19.5 Å². The van der Waals surface area contributed by atoms with Gasteiger partial charge in [-0.3, -0.25) is 19.0 Å². The molecule has 0 bridgehead atoms. The number of furan rings is 1. The molecule has 0 spiro atoms. The van der Waals surface area contributed by atoms with Gasteiger partial charge in [0.15, 0.2) is 0 Å². The van der Waals surface area contributed by atoms with Crippen LogP contribution in [0.1, 0.15) is 11.3 Å². The molecule has 12 heteroatoms. The first-order valence-electron chi connectivity index (χ1n) is 11.0. The number of ether oxygens (including phenoxy) is 2. The van der Waals surface area contributed by atoms with Crippen molar-refractivity contribution in [1.82, 2.24) is 14.9 Å². The Balaban J connectivity index is 1.49. The number of carbonyl (C=O) groups excluding carboxylic acids is 2. The summed E-state index contributed by atoms with van der Waals surface area (Å²) in [5, 5.41) is 5.82. The number of nitrogens with zero attached hydrogens (tertiary/aromatic N) is 1. The van der Waals surface area contributed by atoms with Crippen LogP contribution in [0.3, 0.4) is 0 Å². The van der Waals surface area contributed by atoms with Crippen molar-refractivity contribution in [3.8, 4) is 11.5 Å². The lowest BCUT2D eigenvalue weighted by molar-refractivity contribution is -0.122. The topological polar surface area (TPSA) is 145 Å². The zero-order valence-corrected chi connectivity index (χ0v) is 20.7. The minimum Gasteiger partial charge on any atom is -0.495 e. The summed E-state index contributed by atoms with van der Waals surface area (Å²) in [6, 6.07) is 11.1. The molecule has 0 unspecified atom stereocenters. The summed E-state index contributed by atoms with van der Waals surface area (Å²) in [7, 11) is 2.92. The highest BCUT2D eigenvalue weighted by molar-refractivity contribution is 6.32. The average molecular weight is 527 g/mol. The number of amides is 2. The molecule has 4 aromatic rings. The van der Waals surface area contributed by atoms with Crippen LogP contribution in [-0.2, 0) is 29.1 Å². The number of carbonyl (C=O) groups is 2. The normalized spacial score (nSPS) is 10.8. The third kappa shape index (κ3) is 5.84. The minimum absolute atomic E-state index is 0.0525. The second-order valence-electron chi connectivity index (χ2n) is 7.97. The molecule has 0 aliphatic heterocycles. The third-order valence-corrected chi connectivity index (χ3v) is 5.80. The summed E-state index contributed by atoms with van der Waals surface area (Å²) >= 11 is 6.16. The number of hydrogen-bond acceptors (Lipinski definition) is 7. The largest absolute Gasteiger partial charge is 0.495 e. The van der Waals surface area contributed by atoms with Gasteiger partial charge in [0, 0.05) is 6.07 Å². The Hall–Kier alpha value is -4.51. The molecule has 0 saturated heterocycles. The number of aromatic nitrogens is 2. The predicted molar refractivity (Wildman–Crippen MR) is 136 cm³/mol. The summed E-state index contributed by atoms with van der Waals surface area (Å²) in [6.45, 7) is -0.326. The van der Waals surface area contributed by atoms with E-state index >= 15 is 0 Å². The number of fused-ring (bicyclic) bond motifs is 1. The predicted octanol–water partition coefficient (Wildman–Crippen LogP) is 2.45. The second kappa shape index (κ2) is 11.0. The highest BCUT2D eigenvalue weighted by Crippen LogP contribution is 2.35. The lowest BCUT2D eigenvalue weighted by Crippen LogP contribution is -2.40. The van der Waals surface area contributed by atoms with Crippen molar-refractivity contribution in [3.63, 3.8) is 0 Å². The number of anilines is 1. The van der Waals surface area contributed by atoms with Crippen molar-refractivity contribution in [2.75, 3.05) is 19.5 Å². The number of halogens is 1. The van der Waals surface area contributed by atoms with Crippen molar-refractivity contribution in [3.05, 3.63) is 85.9 Å². The fourth-order valence-electron chi connectivity index (χ4n) is 3.69. The van der Waals surface area contributed by atoms with Crippen molar-refractivity contribution in [1.29, 1.82) is 0 Å². The lowest BCUT2D eigenvalue weighted by Gasteiger charge is -2.13. The minimum atomic E-state index is -0.745. The maximum absolute atomic E-state index is 12.9. The number of H-pyrrole nitrogens is 1. The van der Waals surface area contributed by atoms with Crippen LogP contribution in [0, 0.1) is 0 Å². The van der Waals surface area contributed by atoms with E-state index in [4.69, 9.17) is 25.5 Å². The van der Waals surface area contributed by atoms with E-state index in [1.165, 1.54) is 38.7 Å². The smallest absolute Gasteiger partial charge is 0.329 e. The standard InChI is InChI=1S/C25H23ClN4O7/c1-35-20-11-21(36-2)19(10-17(20)26)28-22(31)9-14-5-6-16-18(8-14)29-25(34)30(24(16)33)13-23(32)27-12-15-4-3-7-37-15/h3-8,10-11H,9,12-13H2,1-2H3,(H,27,32)(H,28,31)(H,29,34). The molecule has 0 fully saturated rings. The van der Waals surface area contributed by atoms with Crippen LogP contribution in [0.25, 0.3) is 10.9 Å². The fourth-order valence-corrected chi connectivity index (χ4v) is 3.93. The number of rotatable bonds is 9. The monoisotopic (exact) mass is 526 g/mol. The molecule has 11 nitrogen and oxygen atoms in total. The molecular formula is C25H23ClN4O7.